The van der Waals surface area contributed by atoms with E-state index in [1.54, 1.807) is 0 Å². The lowest BCUT2D eigenvalue weighted by Crippen LogP contribution is -2.48. The standard InChI is InChI=1S/C23H22BrN3O/c1-21(2)22(3)12-13-23(21,20(28)25-15-10-8-14(24)9-11-15)19-18(22)26-16-6-4-5-7-17(16)27-19/h4-11H,12-13H2,1-3H3,(H,25,28). The number of amides is 1. The molecule has 0 radical (unpaired) electrons. The number of carbonyl (C=O) groups excluding carboxylic acids is 1. The summed E-state index contributed by atoms with van der Waals surface area (Å²) >= 11 is 3.45. The minimum atomic E-state index is -0.679. The van der Waals surface area contributed by atoms with Crippen LogP contribution in [0.1, 0.15) is 45.0 Å². The minimum Gasteiger partial charge on any atom is -0.325 e. The van der Waals surface area contributed by atoms with Crippen molar-refractivity contribution in [1.29, 1.82) is 0 Å². The van der Waals surface area contributed by atoms with E-state index in [0.29, 0.717) is 0 Å². The summed E-state index contributed by atoms with van der Waals surface area (Å²) in [5.41, 5.74) is 3.27. The van der Waals surface area contributed by atoms with Gasteiger partial charge in [0, 0.05) is 15.6 Å². The van der Waals surface area contributed by atoms with Crippen LogP contribution >= 0.6 is 15.9 Å². The Hall–Kier alpha value is -2.27. The summed E-state index contributed by atoms with van der Waals surface area (Å²) in [5, 5.41) is 3.16. The van der Waals surface area contributed by atoms with Gasteiger partial charge in [-0.2, -0.15) is 0 Å². The van der Waals surface area contributed by atoms with Gasteiger partial charge in [-0.15, -0.1) is 0 Å². The lowest BCUT2D eigenvalue weighted by Gasteiger charge is -2.39. The average molecular weight is 436 g/mol. The van der Waals surface area contributed by atoms with Gasteiger partial charge >= 0.3 is 0 Å². The lowest BCUT2D eigenvalue weighted by atomic mass is 9.63. The Morgan fingerprint density at radius 1 is 0.929 bits per heavy atom. The van der Waals surface area contributed by atoms with E-state index in [1.165, 1.54) is 0 Å². The van der Waals surface area contributed by atoms with Crippen LogP contribution in [0.4, 0.5) is 5.69 Å². The monoisotopic (exact) mass is 435 g/mol. The van der Waals surface area contributed by atoms with Gasteiger partial charge in [0.15, 0.2) is 0 Å². The van der Waals surface area contributed by atoms with E-state index in [9.17, 15) is 4.79 Å². The number of hydrogen-bond acceptors (Lipinski definition) is 3. The van der Waals surface area contributed by atoms with Gasteiger partial charge in [-0.25, -0.2) is 9.97 Å². The zero-order valence-electron chi connectivity index (χ0n) is 16.2. The average Bonchev–Trinajstić information content (AvgIpc) is 2.98. The molecule has 28 heavy (non-hydrogen) atoms. The molecule has 0 aliphatic heterocycles. The van der Waals surface area contributed by atoms with Crippen molar-refractivity contribution in [3.05, 3.63) is 64.4 Å². The highest BCUT2D eigenvalue weighted by molar-refractivity contribution is 9.10. The van der Waals surface area contributed by atoms with Crippen molar-refractivity contribution in [2.75, 3.05) is 5.32 Å². The number of halogens is 1. The minimum absolute atomic E-state index is 0.0203. The molecule has 2 unspecified atom stereocenters. The Bertz CT molecular complexity index is 1120. The van der Waals surface area contributed by atoms with Crippen molar-refractivity contribution in [2.24, 2.45) is 5.41 Å². The van der Waals surface area contributed by atoms with Crippen molar-refractivity contribution in [3.8, 4) is 0 Å². The van der Waals surface area contributed by atoms with Gasteiger partial charge in [-0.05, 0) is 54.7 Å². The van der Waals surface area contributed by atoms with Crippen LogP contribution in [0.25, 0.3) is 11.0 Å². The molecule has 2 aliphatic rings. The topological polar surface area (TPSA) is 54.9 Å². The first-order valence-corrected chi connectivity index (χ1v) is 10.4. The van der Waals surface area contributed by atoms with Gasteiger partial charge in [0.25, 0.3) is 0 Å². The van der Waals surface area contributed by atoms with Crippen molar-refractivity contribution in [2.45, 2.75) is 44.4 Å². The van der Waals surface area contributed by atoms with E-state index in [0.717, 1.165) is 45.4 Å². The maximum atomic E-state index is 13.7. The molecule has 1 heterocycles. The second-order valence-corrected chi connectivity index (χ2v) is 9.65. The van der Waals surface area contributed by atoms with Crippen LogP contribution in [0.2, 0.25) is 0 Å². The fourth-order valence-electron chi connectivity index (χ4n) is 5.32. The molecule has 2 atom stereocenters. The molecule has 0 spiro atoms. The fraction of sp³-hybridized carbons (Fsp3) is 0.348. The van der Waals surface area contributed by atoms with Crippen molar-refractivity contribution in [3.63, 3.8) is 0 Å². The van der Waals surface area contributed by atoms with Gasteiger partial charge in [0.1, 0.15) is 0 Å². The Balaban J connectivity index is 1.69. The summed E-state index contributed by atoms with van der Waals surface area (Å²) < 4.78 is 0.987. The zero-order chi connectivity index (χ0) is 19.7. The van der Waals surface area contributed by atoms with E-state index in [1.807, 2.05) is 48.5 Å². The van der Waals surface area contributed by atoms with Crippen molar-refractivity contribution >= 4 is 38.6 Å². The SMILES string of the molecule is CC12CCC(C(=O)Nc3ccc(Br)cc3)(c3nc4ccccc4nc31)C2(C)C. The third-order valence-electron chi connectivity index (χ3n) is 7.43. The third kappa shape index (κ3) is 2.03. The summed E-state index contributed by atoms with van der Waals surface area (Å²) in [6.45, 7) is 6.65. The van der Waals surface area contributed by atoms with Crippen LogP contribution in [0.5, 0.6) is 0 Å². The molecule has 3 aromatic rings. The summed E-state index contributed by atoms with van der Waals surface area (Å²) in [6, 6.07) is 15.6. The van der Waals surface area contributed by atoms with Crippen molar-refractivity contribution < 1.29 is 4.79 Å². The van der Waals surface area contributed by atoms with Crippen molar-refractivity contribution in [1.82, 2.24) is 9.97 Å². The molecule has 142 valence electrons. The largest absolute Gasteiger partial charge is 0.325 e. The number of benzene rings is 2. The Morgan fingerprint density at radius 3 is 2.18 bits per heavy atom. The highest BCUT2D eigenvalue weighted by Gasteiger charge is 2.73. The maximum absolute atomic E-state index is 13.7. The number of aromatic nitrogens is 2. The molecule has 5 heteroatoms. The number of anilines is 1. The second kappa shape index (κ2) is 5.63. The molecule has 2 aliphatic carbocycles. The number of nitrogens with zero attached hydrogens (tertiary/aromatic N) is 2. The molecule has 0 saturated heterocycles. The van der Waals surface area contributed by atoms with E-state index >= 15 is 0 Å². The Kier molecular flexibility index (Phi) is 3.58. The molecular weight excluding hydrogens is 414 g/mol. The van der Waals surface area contributed by atoms with Gasteiger partial charge in [-0.1, -0.05) is 48.8 Å². The van der Waals surface area contributed by atoms with Gasteiger partial charge in [-0.3, -0.25) is 4.79 Å². The highest BCUT2D eigenvalue weighted by Crippen LogP contribution is 2.70. The van der Waals surface area contributed by atoms with Crippen LogP contribution in [-0.4, -0.2) is 15.9 Å². The predicted molar refractivity (Wildman–Crippen MR) is 114 cm³/mol. The smallest absolute Gasteiger partial charge is 0.237 e. The quantitative estimate of drug-likeness (QED) is 0.589. The molecule has 2 bridgehead atoms. The molecule has 1 saturated carbocycles. The van der Waals surface area contributed by atoms with Crippen LogP contribution < -0.4 is 5.32 Å². The molecule has 1 amide bonds. The first-order valence-electron chi connectivity index (χ1n) is 9.64. The summed E-state index contributed by atoms with van der Waals surface area (Å²) in [6.07, 6.45) is 1.73. The number of fused-ring (bicyclic) bond motifs is 6. The fourth-order valence-corrected chi connectivity index (χ4v) is 5.58. The van der Waals surface area contributed by atoms with Crippen LogP contribution in [0.15, 0.2) is 53.0 Å². The van der Waals surface area contributed by atoms with E-state index in [2.05, 4.69) is 42.0 Å². The summed E-state index contributed by atoms with van der Waals surface area (Å²) in [5.74, 6) is 0.0203. The Morgan fingerprint density at radius 2 is 1.54 bits per heavy atom. The predicted octanol–water partition coefficient (Wildman–Crippen LogP) is 5.36. The summed E-state index contributed by atoms with van der Waals surface area (Å²) in [4.78, 5) is 23.7. The van der Waals surface area contributed by atoms with Crippen LogP contribution in [0, 0.1) is 5.41 Å². The van der Waals surface area contributed by atoms with Gasteiger partial charge < -0.3 is 5.32 Å². The van der Waals surface area contributed by atoms with Crippen LogP contribution in [0.3, 0.4) is 0 Å². The van der Waals surface area contributed by atoms with Gasteiger partial charge in [0.2, 0.25) is 5.91 Å². The molecule has 4 nitrogen and oxygen atoms in total. The third-order valence-corrected chi connectivity index (χ3v) is 7.96. The number of para-hydroxylation sites is 2. The highest BCUT2D eigenvalue weighted by atomic mass is 79.9. The first kappa shape index (κ1) is 17.8. The molecule has 5 rings (SSSR count). The molecule has 2 aromatic carbocycles. The number of carbonyl (C=O) groups is 1. The van der Waals surface area contributed by atoms with Gasteiger partial charge in [0.05, 0.1) is 27.8 Å². The number of hydrogen-bond donors (Lipinski definition) is 1. The molecular formula is C23H22BrN3O. The second-order valence-electron chi connectivity index (χ2n) is 8.73. The molecule has 1 aromatic heterocycles. The van der Waals surface area contributed by atoms with E-state index in [-0.39, 0.29) is 16.7 Å². The van der Waals surface area contributed by atoms with Crippen LogP contribution in [-0.2, 0) is 15.6 Å². The van der Waals surface area contributed by atoms with E-state index in [4.69, 9.17) is 9.97 Å². The van der Waals surface area contributed by atoms with E-state index < -0.39 is 5.41 Å². The lowest BCUT2D eigenvalue weighted by molar-refractivity contribution is -0.125. The normalized spacial score (nSPS) is 27.0. The Labute approximate surface area is 172 Å². The zero-order valence-corrected chi connectivity index (χ0v) is 17.8. The first-order chi connectivity index (χ1) is 13.3. The maximum Gasteiger partial charge on any atom is 0.237 e. The number of rotatable bonds is 2. The molecule has 1 N–H and O–H groups in total. The summed E-state index contributed by atoms with van der Waals surface area (Å²) in [7, 11) is 0. The number of nitrogens with one attached hydrogen (secondary N) is 1. The molecule has 1 fully saturated rings.